The number of benzene rings is 1. The Hall–Kier alpha value is -1.10. The summed E-state index contributed by atoms with van der Waals surface area (Å²) in [5, 5.41) is 3.68. The zero-order chi connectivity index (χ0) is 15.8. The van der Waals surface area contributed by atoms with Gasteiger partial charge in [-0.3, -0.25) is 0 Å². The monoisotopic (exact) mass is 305 g/mol. The van der Waals surface area contributed by atoms with Crippen LogP contribution < -0.4 is 10.1 Å². The molecule has 0 amide bonds. The highest BCUT2D eigenvalue weighted by atomic mass is 16.5. The fourth-order valence-electron chi connectivity index (χ4n) is 2.93. The maximum absolute atomic E-state index is 5.20. The summed E-state index contributed by atoms with van der Waals surface area (Å²) in [7, 11) is 5.97. The number of likely N-dealkylation sites (tertiary alicyclic amines) is 1. The van der Waals surface area contributed by atoms with Gasteiger partial charge < -0.3 is 19.9 Å². The molecular formula is C18H31N3O. The van der Waals surface area contributed by atoms with E-state index in [1.54, 1.807) is 7.11 Å². The van der Waals surface area contributed by atoms with Crippen LogP contribution in [0.1, 0.15) is 18.4 Å². The molecule has 124 valence electrons. The quantitative estimate of drug-likeness (QED) is 0.793. The van der Waals surface area contributed by atoms with Gasteiger partial charge >= 0.3 is 0 Å². The third kappa shape index (κ3) is 5.95. The fourth-order valence-corrected chi connectivity index (χ4v) is 2.93. The van der Waals surface area contributed by atoms with Gasteiger partial charge in [0.1, 0.15) is 5.75 Å². The Balaban J connectivity index is 1.62. The van der Waals surface area contributed by atoms with E-state index in [0.717, 1.165) is 31.8 Å². The summed E-state index contributed by atoms with van der Waals surface area (Å²) >= 11 is 0. The summed E-state index contributed by atoms with van der Waals surface area (Å²) in [6, 6.07) is 9.16. The standard InChI is InChI=1S/C18H31N3O/c1-20(2)15-11-19-17-9-13-21(14-10-17)12-8-16-4-6-18(22-3)7-5-16/h4-7,17,19H,8-15H2,1-3H3. The lowest BCUT2D eigenvalue weighted by molar-refractivity contribution is 0.198. The van der Waals surface area contributed by atoms with Gasteiger partial charge in [0.15, 0.2) is 0 Å². The van der Waals surface area contributed by atoms with Crippen LogP contribution in [0, 0.1) is 0 Å². The van der Waals surface area contributed by atoms with Crippen LogP contribution in [0.3, 0.4) is 0 Å². The smallest absolute Gasteiger partial charge is 0.118 e. The molecule has 1 aromatic rings. The van der Waals surface area contributed by atoms with Crippen molar-refractivity contribution in [2.75, 3.05) is 53.9 Å². The first-order valence-electron chi connectivity index (χ1n) is 8.41. The van der Waals surface area contributed by atoms with Gasteiger partial charge in [-0.2, -0.15) is 0 Å². The molecule has 1 fully saturated rings. The third-order valence-corrected chi connectivity index (χ3v) is 4.46. The van der Waals surface area contributed by atoms with Crippen molar-refractivity contribution >= 4 is 0 Å². The number of hydrogen-bond donors (Lipinski definition) is 1. The maximum Gasteiger partial charge on any atom is 0.118 e. The number of hydrogen-bond acceptors (Lipinski definition) is 4. The average Bonchev–Trinajstić information content (AvgIpc) is 2.54. The lowest BCUT2D eigenvalue weighted by Gasteiger charge is -2.32. The zero-order valence-electron chi connectivity index (χ0n) is 14.3. The molecule has 4 nitrogen and oxygen atoms in total. The van der Waals surface area contributed by atoms with E-state index in [4.69, 9.17) is 4.74 Å². The summed E-state index contributed by atoms with van der Waals surface area (Å²) < 4.78 is 5.20. The number of ether oxygens (including phenoxy) is 1. The molecule has 0 aromatic heterocycles. The van der Waals surface area contributed by atoms with Crippen LogP contribution in [0.4, 0.5) is 0 Å². The van der Waals surface area contributed by atoms with Gasteiger partial charge in [-0.25, -0.2) is 0 Å². The highest BCUT2D eigenvalue weighted by Gasteiger charge is 2.18. The summed E-state index contributed by atoms with van der Waals surface area (Å²) in [5.74, 6) is 0.938. The molecule has 0 saturated carbocycles. The van der Waals surface area contributed by atoms with E-state index in [0.29, 0.717) is 6.04 Å². The number of piperidine rings is 1. The van der Waals surface area contributed by atoms with Gasteiger partial charge in [0.25, 0.3) is 0 Å². The van der Waals surface area contributed by atoms with Crippen molar-refractivity contribution in [3.63, 3.8) is 0 Å². The second-order valence-electron chi connectivity index (χ2n) is 6.47. The second-order valence-corrected chi connectivity index (χ2v) is 6.47. The van der Waals surface area contributed by atoms with E-state index in [2.05, 4.69) is 53.5 Å². The Bertz CT molecular complexity index is 411. The van der Waals surface area contributed by atoms with E-state index in [9.17, 15) is 0 Å². The topological polar surface area (TPSA) is 27.7 Å². The highest BCUT2D eigenvalue weighted by molar-refractivity contribution is 5.27. The first-order valence-corrected chi connectivity index (χ1v) is 8.41. The molecule has 0 radical (unpaired) electrons. The molecular weight excluding hydrogens is 274 g/mol. The maximum atomic E-state index is 5.20. The molecule has 2 rings (SSSR count). The largest absolute Gasteiger partial charge is 0.497 e. The summed E-state index contributed by atoms with van der Waals surface area (Å²) in [5.41, 5.74) is 1.40. The van der Waals surface area contributed by atoms with Gasteiger partial charge in [0, 0.05) is 25.7 Å². The average molecular weight is 305 g/mol. The molecule has 0 spiro atoms. The molecule has 1 heterocycles. The van der Waals surface area contributed by atoms with Gasteiger partial charge in [-0.15, -0.1) is 0 Å². The number of rotatable bonds is 8. The van der Waals surface area contributed by atoms with Crippen LogP contribution in [-0.2, 0) is 6.42 Å². The summed E-state index contributed by atoms with van der Waals surface area (Å²) in [6.45, 7) is 5.82. The molecule has 1 saturated heterocycles. The number of nitrogens with one attached hydrogen (secondary N) is 1. The third-order valence-electron chi connectivity index (χ3n) is 4.46. The van der Waals surface area contributed by atoms with E-state index in [-0.39, 0.29) is 0 Å². The van der Waals surface area contributed by atoms with Crippen LogP contribution in [0.2, 0.25) is 0 Å². The van der Waals surface area contributed by atoms with Crippen LogP contribution in [0.25, 0.3) is 0 Å². The van der Waals surface area contributed by atoms with Crippen molar-refractivity contribution in [1.82, 2.24) is 15.1 Å². The summed E-state index contributed by atoms with van der Waals surface area (Å²) in [6.07, 6.45) is 3.68. The Morgan fingerprint density at radius 1 is 1.18 bits per heavy atom. The first kappa shape index (κ1) is 17.3. The van der Waals surface area contributed by atoms with Crippen LogP contribution in [0.15, 0.2) is 24.3 Å². The van der Waals surface area contributed by atoms with Gasteiger partial charge in [0.05, 0.1) is 7.11 Å². The SMILES string of the molecule is COc1ccc(CCN2CCC(NCCN(C)C)CC2)cc1. The number of methoxy groups -OCH3 is 1. The lowest BCUT2D eigenvalue weighted by atomic mass is 10.0. The Morgan fingerprint density at radius 3 is 2.45 bits per heavy atom. The molecule has 1 N–H and O–H groups in total. The molecule has 0 bridgehead atoms. The highest BCUT2D eigenvalue weighted by Crippen LogP contribution is 2.14. The zero-order valence-corrected chi connectivity index (χ0v) is 14.3. The van der Waals surface area contributed by atoms with Crippen LogP contribution in [0.5, 0.6) is 5.75 Å². The van der Waals surface area contributed by atoms with Crippen molar-refractivity contribution in [3.05, 3.63) is 29.8 Å². The number of nitrogens with zero attached hydrogens (tertiary/aromatic N) is 2. The van der Waals surface area contributed by atoms with Gasteiger partial charge in [-0.1, -0.05) is 12.1 Å². The fraction of sp³-hybridized carbons (Fsp3) is 0.667. The number of likely N-dealkylation sites (N-methyl/N-ethyl adjacent to an activating group) is 1. The van der Waals surface area contributed by atoms with E-state index < -0.39 is 0 Å². The first-order chi connectivity index (χ1) is 10.7. The molecule has 0 unspecified atom stereocenters. The van der Waals surface area contributed by atoms with Crippen molar-refractivity contribution in [2.45, 2.75) is 25.3 Å². The molecule has 1 aliphatic rings. The minimum Gasteiger partial charge on any atom is -0.497 e. The van der Waals surface area contributed by atoms with Gasteiger partial charge in [0.2, 0.25) is 0 Å². The van der Waals surface area contributed by atoms with Crippen molar-refractivity contribution in [3.8, 4) is 5.75 Å². The predicted octanol–water partition coefficient (Wildman–Crippen LogP) is 1.85. The summed E-state index contributed by atoms with van der Waals surface area (Å²) in [4.78, 5) is 4.82. The van der Waals surface area contributed by atoms with E-state index in [1.165, 1.54) is 31.5 Å². The Labute approximate surface area is 135 Å². The van der Waals surface area contributed by atoms with Crippen molar-refractivity contribution < 1.29 is 4.74 Å². The molecule has 0 aliphatic carbocycles. The predicted molar refractivity (Wildman–Crippen MR) is 92.7 cm³/mol. The van der Waals surface area contributed by atoms with Gasteiger partial charge in [-0.05, 0) is 64.1 Å². The van der Waals surface area contributed by atoms with E-state index in [1.807, 2.05) is 0 Å². The minimum atomic E-state index is 0.706. The van der Waals surface area contributed by atoms with E-state index >= 15 is 0 Å². The van der Waals surface area contributed by atoms with Crippen LogP contribution >= 0.6 is 0 Å². The lowest BCUT2D eigenvalue weighted by Crippen LogP contribution is -2.44. The normalized spacial score (nSPS) is 17.1. The van der Waals surface area contributed by atoms with Crippen molar-refractivity contribution in [1.29, 1.82) is 0 Å². The van der Waals surface area contributed by atoms with Crippen molar-refractivity contribution in [2.24, 2.45) is 0 Å². The molecule has 1 aromatic carbocycles. The molecule has 1 aliphatic heterocycles. The Kier molecular flexibility index (Phi) is 7.16. The molecule has 4 heteroatoms. The minimum absolute atomic E-state index is 0.706. The van der Waals surface area contributed by atoms with Crippen LogP contribution in [-0.4, -0.2) is 69.8 Å². The molecule has 0 atom stereocenters. The molecule has 22 heavy (non-hydrogen) atoms. The Morgan fingerprint density at radius 2 is 1.86 bits per heavy atom. The second kappa shape index (κ2) is 9.13.